The third-order valence-corrected chi connectivity index (χ3v) is 7.18. The van der Waals surface area contributed by atoms with Crippen LogP contribution in [-0.4, -0.2) is 71.5 Å². The maximum absolute atomic E-state index is 13.5. The van der Waals surface area contributed by atoms with Crippen LogP contribution in [0.2, 0.25) is 0 Å². The topological polar surface area (TPSA) is 126 Å². The molecular formula is C32H40BrN7O5. The summed E-state index contributed by atoms with van der Waals surface area (Å²) in [5, 5.41) is 9.61. The van der Waals surface area contributed by atoms with Crippen molar-refractivity contribution in [1.82, 2.24) is 34.4 Å². The first-order chi connectivity index (χ1) is 21.0. The lowest BCUT2D eigenvalue weighted by Crippen LogP contribution is -2.38. The van der Waals surface area contributed by atoms with Gasteiger partial charge in [0.05, 0.1) is 30.7 Å². The number of amides is 1. The largest absolute Gasteiger partial charge is 0.481 e. The van der Waals surface area contributed by atoms with Crippen molar-refractivity contribution in [2.75, 3.05) is 13.7 Å². The average Bonchev–Trinajstić information content (AvgIpc) is 3.48. The second kappa shape index (κ2) is 13.0. The standard InChI is InChI=1S/C32H40BrN7O5/c1-11-20-17-38(9)36-24(20)12-13-39(29(41)44-31(3,4)5)18-21-16-34-26(43-10)15-22(21)25-14-23-27(19(2)35-25)40(37-28(23)33)30(42)45-32(6,7)8/h11,14-17H,1,12-13,18H2,2-10H3. The van der Waals surface area contributed by atoms with E-state index in [1.54, 1.807) is 55.6 Å². The molecule has 0 N–H and O–H groups in total. The molecule has 0 fully saturated rings. The van der Waals surface area contributed by atoms with Crippen molar-refractivity contribution >= 4 is 45.1 Å². The number of pyridine rings is 2. The van der Waals surface area contributed by atoms with Crippen LogP contribution in [0, 0.1) is 6.92 Å². The van der Waals surface area contributed by atoms with Crippen LogP contribution in [0.1, 0.15) is 64.1 Å². The minimum Gasteiger partial charge on any atom is -0.481 e. The highest BCUT2D eigenvalue weighted by atomic mass is 79.9. The molecule has 4 rings (SSSR count). The molecule has 0 aliphatic carbocycles. The van der Waals surface area contributed by atoms with Crippen LogP contribution in [0.3, 0.4) is 0 Å². The normalized spacial score (nSPS) is 11.9. The fourth-order valence-corrected chi connectivity index (χ4v) is 5.18. The summed E-state index contributed by atoms with van der Waals surface area (Å²) in [7, 11) is 3.38. The number of carbonyl (C=O) groups excluding carboxylic acids is 2. The second-order valence-electron chi connectivity index (χ2n) is 12.6. The summed E-state index contributed by atoms with van der Waals surface area (Å²) in [6.45, 7) is 17.1. The van der Waals surface area contributed by atoms with Gasteiger partial charge < -0.3 is 19.1 Å². The molecule has 4 aromatic rings. The smallest absolute Gasteiger partial charge is 0.435 e. The van der Waals surface area contributed by atoms with E-state index in [4.69, 9.17) is 19.2 Å². The quantitative estimate of drug-likeness (QED) is 0.199. The van der Waals surface area contributed by atoms with Gasteiger partial charge in [0.2, 0.25) is 5.88 Å². The van der Waals surface area contributed by atoms with Crippen molar-refractivity contribution in [2.24, 2.45) is 7.05 Å². The maximum Gasteiger partial charge on any atom is 0.435 e. The molecule has 1 amide bonds. The molecule has 0 atom stereocenters. The molecular weight excluding hydrogens is 642 g/mol. The molecule has 240 valence electrons. The summed E-state index contributed by atoms with van der Waals surface area (Å²) in [6.07, 6.45) is 4.71. The van der Waals surface area contributed by atoms with E-state index in [2.05, 4.69) is 37.7 Å². The number of carbonyl (C=O) groups is 2. The van der Waals surface area contributed by atoms with E-state index in [-0.39, 0.29) is 6.54 Å². The predicted molar refractivity (Wildman–Crippen MR) is 175 cm³/mol. The number of hydrogen-bond donors (Lipinski definition) is 0. The Labute approximate surface area is 271 Å². The van der Waals surface area contributed by atoms with Gasteiger partial charge in [-0.1, -0.05) is 12.7 Å². The lowest BCUT2D eigenvalue weighted by atomic mass is 10.0. The lowest BCUT2D eigenvalue weighted by Gasteiger charge is -2.28. The van der Waals surface area contributed by atoms with Crippen LogP contribution in [0.4, 0.5) is 9.59 Å². The highest BCUT2D eigenvalue weighted by Gasteiger charge is 2.27. The zero-order valence-electron chi connectivity index (χ0n) is 27.3. The number of nitrogens with zero attached hydrogens (tertiary/aromatic N) is 7. The average molecular weight is 683 g/mol. The molecule has 0 saturated carbocycles. The predicted octanol–water partition coefficient (Wildman–Crippen LogP) is 6.71. The summed E-state index contributed by atoms with van der Waals surface area (Å²) in [6, 6.07) is 3.61. The summed E-state index contributed by atoms with van der Waals surface area (Å²) >= 11 is 3.51. The van der Waals surface area contributed by atoms with Crippen LogP contribution in [-0.2, 0) is 29.5 Å². The van der Waals surface area contributed by atoms with E-state index in [1.165, 1.54) is 11.8 Å². The SMILES string of the molecule is C=Cc1cn(C)nc1CCN(Cc1cnc(OC)cc1-c1cc2c(Br)nn(C(=O)OC(C)(C)C)c2c(C)n1)C(=O)OC(C)(C)C. The van der Waals surface area contributed by atoms with Crippen molar-refractivity contribution in [2.45, 2.75) is 72.6 Å². The number of rotatable bonds is 8. The Morgan fingerprint density at radius 3 is 2.40 bits per heavy atom. The Balaban J connectivity index is 1.77. The zero-order valence-corrected chi connectivity index (χ0v) is 28.9. The molecule has 0 saturated heterocycles. The van der Waals surface area contributed by atoms with E-state index in [9.17, 15) is 9.59 Å². The van der Waals surface area contributed by atoms with Gasteiger partial charge in [0.15, 0.2) is 0 Å². The molecule has 4 heterocycles. The first-order valence-electron chi connectivity index (χ1n) is 14.4. The van der Waals surface area contributed by atoms with Gasteiger partial charge in [-0.15, -0.1) is 0 Å². The van der Waals surface area contributed by atoms with Crippen LogP contribution >= 0.6 is 15.9 Å². The van der Waals surface area contributed by atoms with Crippen molar-refractivity contribution in [3.63, 3.8) is 0 Å². The third kappa shape index (κ3) is 8.07. The molecule has 0 radical (unpaired) electrons. The summed E-state index contributed by atoms with van der Waals surface area (Å²) in [5.74, 6) is 0.379. The molecule has 0 aliphatic rings. The van der Waals surface area contributed by atoms with Gasteiger partial charge in [-0.25, -0.2) is 14.6 Å². The van der Waals surface area contributed by atoms with Crippen LogP contribution < -0.4 is 4.74 Å². The van der Waals surface area contributed by atoms with Crippen LogP contribution in [0.15, 0.2) is 35.7 Å². The molecule has 0 aromatic carbocycles. The van der Waals surface area contributed by atoms with Crippen molar-refractivity contribution < 1.29 is 23.8 Å². The number of hydrogen-bond acceptors (Lipinski definition) is 9. The van der Waals surface area contributed by atoms with Crippen molar-refractivity contribution in [3.8, 4) is 17.1 Å². The maximum atomic E-state index is 13.5. The van der Waals surface area contributed by atoms with E-state index < -0.39 is 23.4 Å². The Morgan fingerprint density at radius 1 is 1.09 bits per heavy atom. The highest BCUT2D eigenvalue weighted by molar-refractivity contribution is 9.10. The summed E-state index contributed by atoms with van der Waals surface area (Å²) in [5.41, 5.74) is 3.41. The summed E-state index contributed by atoms with van der Waals surface area (Å²) < 4.78 is 20.2. The first-order valence-corrected chi connectivity index (χ1v) is 15.2. The fraction of sp³-hybridized carbons (Fsp3) is 0.438. The number of halogens is 1. The minimum atomic E-state index is -0.699. The first kappa shape index (κ1) is 33.6. The zero-order chi connectivity index (χ0) is 33.3. The number of ether oxygens (including phenoxy) is 3. The Bertz CT molecular complexity index is 1750. The number of aryl methyl sites for hydroxylation is 2. The van der Waals surface area contributed by atoms with Gasteiger partial charge in [0, 0.05) is 55.0 Å². The molecule has 0 spiro atoms. The molecule has 0 unspecified atom stereocenters. The summed E-state index contributed by atoms with van der Waals surface area (Å²) in [4.78, 5) is 37.4. The minimum absolute atomic E-state index is 0.175. The second-order valence-corrected chi connectivity index (χ2v) is 13.4. The van der Waals surface area contributed by atoms with Crippen molar-refractivity contribution in [3.05, 3.63) is 58.2 Å². The van der Waals surface area contributed by atoms with E-state index in [0.29, 0.717) is 56.9 Å². The van der Waals surface area contributed by atoms with Gasteiger partial charge in [-0.2, -0.15) is 14.9 Å². The van der Waals surface area contributed by atoms with Gasteiger partial charge in [-0.05, 0) is 76.0 Å². The van der Waals surface area contributed by atoms with Gasteiger partial charge in [-0.3, -0.25) is 9.67 Å². The van der Waals surface area contributed by atoms with Gasteiger partial charge >= 0.3 is 12.2 Å². The molecule has 0 aliphatic heterocycles. The van der Waals surface area contributed by atoms with Gasteiger partial charge in [0.25, 0.3) is 0 Å². The molecule has 0 bridgehead atoms. The molecule has 45 heavy (non-hydrogen) atoms. The Kier molecular flexibility index (Phi) is 9.71. The van der Waals surface area contributed by atoms with E-state index >= 15 is 0 Å². The molecule has 13 heteroatoms. The Hall–Kier alpha value is -4.26. The number of fused-ring (bicyclic) bond motifs is 1. The van der Waals surface area contributed by atoms with Crippen LogP contribution in [0.25, 0.3) is 28.2 Å². The van der Waals surface area contributed by atoms with E-state index in [1.807, 2.05) is 40.1 Å². The van der Waals surface area contributed by atoms with Crippen LogP contribution in [0.5, 0.6) is 5.88 Å². The molecule has 12 nitrogen and oxygen atoms in total. The monoisotopic (exact) mass is 681 g/mol. The number of aromatic nitrogens is 6. The third-order valence-electron chi connectivity index (χ3n) is 6.59. The lowest BCUT2D eigenvalue weighted by molar-refractivity contribution is 0.0235. The van der Waals surface area contributed by atoms with Crippen molar-refractivity contribution in [1.29, 1.82) is 0 Å². The molecule has 4 aromatic heterocycles. The highest BCUT2D eigenvalue weighted by Crippen LogP contribution is 2.33. The number of methoxy groups -OCH3 is 1. The Morgan fingerprint density at radius 2 is 1.78 bits per heavy atom. The van der Waals surface area contributed by atoms with E-state index in [0.717, 1.165) is 11.3 Å². The van der Waals surface area contributed by atoms with Gasteiger partial charge in [0.1, 0.15) is 21.3 Å². The fourth-order valence-electron chi connectivity index (χ4n) is 4.72.